The molecular formula is C15H21N3O3. The molecule has 0 saturated carbocycles. The molecule has 2 N–H and O–H groups in total. The number of hydrogen-bond donors (Lipinski definition) is 2. The third kappa shape index (κ3) is 3.21. The van der Waals surface area contributed by atoms with Crippen molar-refractivity contribution in [3.63, 3.8) is 0 Å². The summed E-state index contributed by atoms with van der Waals surface area (Å²) in [6, 6.07) is 4.52. The van der Waals surface area contributed by atoms with Crippen molar-refractivity contribution in [3.05, 3.63) is 33.9 Å². The summed E-state index contributed by atoms with van der Waals surface area (Å²) >= 11 is 0. The summed E-state index contributed by atoms with van der Waals surface area (Å²) in [5, 5.41) is 17.0. The Morgan fingerprint density at radius 3 is 2.86 bits per heavy atom. The summed E-state index contributed by atoms with van der Waals surface area (Å²) in [5.74, 6) is -0.0922. The van der Waals surface area contributed by atoms with Crippen molar-refractivity contribution < 1.29 is 9.72 Å². The number of nitrogens with one attached hydrogen (secondary N) is 2. The first-order chi connectivity index (χ1) is 9.98. The molecule has 2 rings (SSSR count). The third-order valence-electron chi connectivity index (χ3n) is 4.04. The summed E-state index contributed by atoms with van der Waals surface area (Å²) < 4.78 is 0. The largest absolute Gasteiger partial charge is 0.324 e. The summed E-state index contributed by atoms with van der Waals surface area (Å²) in [5.41, 5.74) is 0.781. The number of nitro benzene ring substituents is 1. The molecule has 1 heterocycles. The first-order valence-corrected chi connectivity index (χ1v) is 7.30. The highest BCUT2D eigenvalue weighted by Crippen LogP contribution is 2.28. The lowest BCUT2D eigenvalue weighted by Crippen LogP contribution is -2.50. The number of nitro groups is 1. The number of amides is 1. The van der Waals surface area contributed by atoms with Crippen molar-refractivity contribution in [2.45, 2.75) is 45.1 Å². The maximum Gasteiger partial charge on any atom is 0.271 e. The highest BCUT2D eigenvalue weighted by Gasteiger charge is 2.40. The monoisotopic (exact) mass is 291 g/mol. The summed E-state index contributed by atoms with van der Waals surface area (Å²) in [6.45, 7) is 4.71. The zero-order valence-electron chi connectivity index (χ0n) is 12.4. The number of carbonyl (C=O) groups excluding carboxylic acids is 1. The van der Waals surface area contributed by atoms with Crippen LogP contribution in [0.25, 0.3) is 0 Å². The van der Waals surface area contributed by atoms with Crippen LogP contribution in [0.15, 0.2) is 18.2 Å². The fraction of sp³-hybridized carbons (Fsp3) is 0.533. The molecule has 1 amide bonds. The van der Waals surface area contributed by atoms with Gasteiger partial charge >= 0.3 is 0 Å². The molecule has 1 aromatic rings. The molecule has 21 heavy (non-hydrogen) atoms. The van der Waals surface area contributed by atoms with Gasteiger partial charge in [0.15, 0.2) is 0 Å². The maximum absolute atomic E-state index is 12.6. The minimum Gasteiger partial charge on any atom is -0.324 e. The van der Waals surface area contributed by atoms with Crippen LogP contribution < -0.4 is 10.6 Å². The van der Waals surface area contributed by atoms with Crippen molar-refractivity contribution in [2.24, 2.45) is 0 Å². The van der Waals surface area contributed by atoms with Gasteiger partial charge in [0, 0.05) is 12.1 Å². The molecule has 1 unspecified atom stereocenters. The number of non-ortho nitro benzene ring substituents is 1. The van der Waals surface area contributed by atoms with Crippen LogP contribution in [0.1, 0.15) is 38.2 Å². The summed E-state index contributed by atoms with van der Waals surface area (Å²) in [6.07, 6.45) is 3.46. The normalized spacial score (nSPS) is 21.2. The lowest BCUT2D eigenvalue weighted by molar-refractivity contribution is -0.384. The van der Waals surface area contributed by atoms with Crippen LogP contribution in [0.5, 0.6) is 0 Å². The Morgan fingerprint density at radius 1 is 1.52 bits per heavy atom. The van der Waals surface area contributed by atoms with E-state index in [1.807, 2.05) is 13.8 Å². The van der Waals surface area contributed by atoms with Gasteiger partial charge in [-0.25, -0.2) is 0 Å². The molecule has 0 spiro atoms. The molecule has 1 fully saturated rings. The quantitative estimate of drug-likeness (QED) is 0.645. The third-order valence-corrected chi connectivity index (χ3v) is 4.04. The topological polar surface area (TPSA) is 84.3 Å². The van der Waals surface area contributed by atoms with Crippen molar-refractivity contribution in [1.29, 1.82) is 0 Å². The van der Waals surface area contributed by atoms with Gasteiger partial charge in [0.2, 0.25) is 5.91 Å². The van der Waals surface area contributed by atoms with E-state index in [9.17, 15) is 14.9 Å². The molecular weight excluding hydrogens is 270 g/mol. The van der Waals surface area contributed by atoms with E-state index in [0.717, 1.165) is 37.8 Å². The predicted molar refractivity (Wildman–Crippen MR) is 81.3 cm³/mol. The van der Waals surface area contributed by atoms with Gasteiger partial charge in [-0.1, -0.05) is 19.4 Å². The molecule has 1 atom stereocenters. The van der Waals surface area contributed by atoms with Crippen molar-refractivity contribution >= 4 is 17.3 Å². The smallest absolute Gasteiger partial charge is 0.271 e. The van der Waals surface area contributed by atoms with Gasteiger partial charge in [-0.3, -0.25) is 14.9 Å². The van der Waals surface area contributed by atoms with Crippen molar-refractivity contribution in [2.75, 3.05) is 11.9 Å². The fourth-order valence-electron chi connectivity index (χ4n) is 2.85. The zero-order valence-corrected chi connectivity index (χ0v) is 12.4. The van der Waals surface area contributed by atoms with Crippen molar-refractivity contribution in [3.8, 4) is 0 Å². The number of aryl methyl sites for hydroxylation is 1. The van der Waals surface area contributed by atoms with Gasteiger partial charge in [0.25, 0.3) is 5.69 Å². The highest BCUT2D eigenvalue weighted by atomic mass is 16.6. The lowest BCUT2D eigenvalue weighted by Gasteiger charge is -2.28. The first-order valence-electron chi connectivity index (χ1n) is 7.30. The molecule has 0 aliphatic carbocycles. The van der Waals surface area contributed by atoms with E-state index in [-0.39, 0.29) is 11.6 Å². The molecule has 1 aliphatic rings. The molecule has 1 saturated heterocycles. The molecule has 114 valence electrons. The molecule has 6 nitrogen and oxygen atoms in total. The van der Waals surface area contributed by atoms with Crippen molar-refractivity contribution in [1.82, 2.24) is 5.32 Å². The molecule has 1 aliphatic heterocycles. The van der Waals surface area contributed by atoms with E-state index < -0.39 is 10.5 Å². The Morgan fingerprint density at radius 2 is 2.29 bits per heavy atom. The van der Waals surface area contributed by atoms with Gasteiger partial charge in [-0.2, -0.15) is 0 Å². The number of benzene rings is 1. The van der Waals surface area contributed by atoms with E-state index in [1.165, 1.54) is 12.1 Å². The summed E-state index contributed by atoms with van der Waals surface area (Å²) in [4.78, 5) is 23.0. The fourth-order valence-corrected chi connectivity index (χ4v) is 2.85. The molecule has 1 aromatic carbocycles. The van der Waals surface area contributed by atoms with E-state index in [4.69, 9.17) is 0 Å². The first kappa shape index (κ1) is 15.4. The highest BCUT2D eigenvalue weighted by molar-refractivity contribution is 5.99. The SMILES string of the molecule is CCCC1(C(=O)Nc2cc([N+](=O)[O-])ccc2C)CCCN1. The van der Waals surface area contributed by atoms with Crippen LogP contribution in [0, 0.1) is 17.0 Å². The number of anilines is 1. The number of carbonyl (C=O) groups is 1. The van der Waals surface area contributed by atoms with Gasteiger partial charge in [-0.05, 0) is 38.3 Å². The van der Waals surface area contributed by atoms with Gasteiger partial charge < -0.3 is 10.6 Å². The van der Waals surface area contributed by atoms with Crippen LogP contribution in [0.2, 0.25) is 0 Å². The number of hydrogen-bond acceptors (Lipinski definition) is 4. The number of nitrogens with zero attached hydrogens (tertiary/aromatic N) is 1. The Hall–Kier alpha value is -1.95. The van der Waals surface area contributed by atoms with Gasteiger partial charge in [0.1, 0.15) is 0 Å². The van der Waals surface area contributed by atoms with Gasteiger partial charge in [0.05, 0.1) is 16.1 Å². The van der Waals surface area contributed by atoms with Crippen LogP contribution >= 0.6 is 0 Å². The second-order valence-electron chi connectivity index (χ2n) is 5.57. The second kappa shape index (κ2) is 6.22. The van der Waals surface area contributed by atoms with Crippen LogP contribution in [0.4, 0.5) is 11.4 Å². The maximum atomic E-state index is 12.6. The predicted octanol–water partition coefficient (Wildman–Crippen LogP) is 2.76. The van der Waals surface area contributed by atoms with E-state index in [2.05, 4.69) is 10.6 Å². The minimum absolute atomic E-state index is 0.0141. The van der Waals surface area contributed by atoms with E-state index in [0.29, 0.717) is 5.69 Å². The Kier molecular flexibility index (Phi) is 4.57. The Labute approximate surface area is 124 Å². The average Bonchev–Trinajstić information content (AvgIpc) is 2.91. The second-order valence-corrected chi connectivity index (χ2v) is 5.57. The Bertz CT molecular complexity index is 551. The molecule has 0 bridgehead atoms. The average molecular weight is 291 g/mol. The molecule has 6 heteroatoms. The van der Waals surface area contributed by atoms with Crippen LogP contribution in [-0.2, 0) is 4.79 Å². The van der Waals surface area contributed by atoms with E-state index >= 15 is 0 Å². The lowest BCUT2D eigenvalue weighted by atomic mass is 9.90. The molecule has 0 aromatic heterocycles. The van der Waals surface area contributed by atoms with Crippen LogP contribution in [-0.4, -0.2) is 22.9 Å². The molecule has 0 radical (unpaired) electrons. The van der Waals surface area contributed by atoms with E-state index in [1.54, 1.807) is 6.07 Å². The standard InChI is InChI=1S/C15H21N3O3/c1-3-7-15(8-4-9-16-15)14(19)17-13-10-12(18(20)21)6-5-11(13)2/h5-6,10,16H,3-4,7-9H2,1-2H3,(H,17,19). The zero-order chi connectivity index (χ0) is 15.5. The number of rotatable bonds is 5. The minimum atomic E-state index is -0.536. The Balaban J connectivity index is 2.22. The van der Waals surface area contributed by atoms with Gasteiger partial charge in [-0.15, -0.1) is 0 Å². The summed E-state index contributed by atoms with van der Waals surface area (Å²) in [7, 11) is 0. The van der Waals surface area contributed by atoms with Crippen LogP contribution in [0.3, 0.4) is 0 Å².